The highest BCUT2D eigenvalue weighted by Crippen LogP contribution is 2.39. The van der Waals surface area contributed by atoms with Crippen molar-refractivity contribution in [3.63, 3.8) is 0 Å². The topological polar surface area (TPSA) is 432 Å². The first kappa shape index (κ1) is 44.6. The summed E-state index contributed by atoms with van der Waals surface area (Å²) >= 11 is 0. The molecule has 4 aliphatic rings. The number of rotatable bonds is 12. The molecule has 1 aliphatic carbocycles. The van der Waals surface area contributed by atoms with Crippen LogP contribution in [0.5, 0.6) is 0 Å². The maximum Gasteiger partial charge on any atom is 0.469 e. The Bertz CT molecular complexity index is 1670. The summed E-state index contributed by atoms with van der Waals surface area (Å²) in [5.74, 6) is 0. The number of aromatic nitrogens is 2. The average molecular weight is 832 g/mol. The van der Waals surface area contributed by atoms with Crippen LogP contribution in [0.15, 0.2) is 15.8 Å². The smallest absolute Gasteiger partial charge is 0.443 e. The third kappa shape index (κ3) is 10.0. The Hall–Kier alpha value is -2.54. The molecule has 18 atom stereocenters. The molecule has 0 unspecified atom stereocenters. The molecule has 1 amide bonds. The zero-order valence-electron chi connectivity index (χ0n) is 29.8. The van der Waals surface area contributed by atoms with E-state index in [1.165, 1.54) is 13.1 Å². The number of aliphatic hydroxyl groups is 6. The number of aromatic amines is 1. The van der Waals surface area contributed by atoms with Crippen molar-refractivity contribution in [1.82, 2.24) is 14.9 Å². The van der Waals surface area contributed by atoms with Gasteiger partial charge in [-0.05, 0) is 13.3 Å². The summed E-state index contributed by atoms with van der Waals surface area (Å²) in [5, 5.41) is 66.1. The van der Waals surface area contributed by atoms with Crippen LogP contribution in [0.4, 0.5) is 4.79 Å². The number of carbonyl (C=O) groups excluding carboxylic acids is 1. The number of hydrogen-bond acceptors (Lipinski definition) is 21. The molecule has 18 N–H and O–H groups in total. The highest BCUT2D eigenvalue weighted by Gasteiger charge is 2.52. The van der Waals surface area contributed by atoms with Crippen LogP contribution in [0.2, 0.25) is 0 Å². The highest BCUT2D eigenvalue weighted by atomic mass is 31.2. The van der Waals surface area contributed by atoms with Crippen molar-refractivity contribution < 1.29 is 82.7 Å². The van der Waals surface area contributed by atoms with E-state index in [9.17, 15) is 59.4 Å². The van der Waals surface area contributed by atoms with E-state index in [0.29, 0.717) is 0 Å². The average Bonchev–Trinajstić information content (AvgIpc) is 3.53. The minimum Gasteiger partial charge on any atom is -0.443 e. The van der Waals surface area contributed by atoms with Gasteiger partial charge in [0.1, 0.15) is 73.4 Å². The molecule has 56 heavy (non-hydrogen) atoms. The number of phosphoric ester groups is 1. The molecule has 3 saturated heterocycles. The van der Waals surface area contributed by atoms with E-state index in [-0.39, 0.29) is 24.9 Å². The summed E-state index contributed by atoms with van der Waals surface area (Å²) in [6.07, 6.45) is -22.5. The first-order valence-corrected chi connectivity index (χ1v) is 19.0. The monoisotopic (exact) mass is 831 g/mol. The molecule has 1 aromatic rings. The minimum atomic E-state index is -5.01. The second kappa shape index (κ2) is 18.2. The Morgan fingerprint density at radius 3 is 2.09 bits per heavy atom. The second-order valence-electron chi connectivity index (χ2n) is 14.1. The lowest BCUT2D eigenvalue weighted by Crippen LogP contribution is -2.68. The molecular formula is C29H50N7O19P. The number of nitrogens with one attached hydrogen (secondary N) is 2. The van der Waals surface area contributed by atoms with E-state index in [0.717, 1.165) is 4.57 Å². The Morgan fingerprint density at radius 2 is 1.48 bits per heavy atom. The van der Waals surface area contributed by atoms with Crippen LogP contribution in [0.1, 0.15) is 24.6 Å². The first-order valence-electron chi connectivity index (χ1n) is 17.5. The molecule has 26 nitrogen and oxygen atoms in total. The lowest BCUT2D eigenvalue weighted by Gasteiger charge is -2.48. The zero-order chi connectivity index (χ0) is 41.4. The molecule has 0 radical (unpaired) electrons. The minimum absolute atomic E-state index is 0.0442. The van der Waals surface area contributed by atoms with Crippen molar-refractivity contribution in [2.45, 2.75) is 130 Å². The SMILES string of the molecule is Cc1cn([C@H]2C[C@H](OC(=O)NC[C@H]3O[C@H](O[C@@H]4[C@@H](O)[C@H](O[C@H]5O[C@H](CN)[C@@H](O)[C@H](O)[C@H]5O)[C@@H](N)C[C@H]4N)[C@H](O)[C@@H](N)[C@@H]3O)[C@@H](COP(=O)(O)O)O2)c(=O)[nH]c1=O. The van der Waals surface area contributed by atoms with Crippen LogP contribution in [-0.2, 0) is 37.5 Å². The van der Waals surface area contributed by atoms with E-state index in [4.69, 9.17) is 51.4 Å². The lowest BCUT2D eigenvalue weighted by molar-refractivity contribution is -0.330. The number of alkyl carbamates (subject to hydrolysis) is 1. The van der Waals surface area contributed by atoms with Crippen molar-refractivity contribution in [2.24, 2.45) is 22.9 Å². The van der Waals surface area contributed by atoms with Crippen LogP contribution in [0.25, 0.3) is 0 Å². The van der Waals surface area contributed by atoms with Crippen molar-refractivity contribution in [3.8, 4) is 0 Å². The summed E-state index contributed by atoms with van der Waals surface area (Å²) < 4.78 is 50.9. The molecule has 0 aromatic carbocycles. The van der Waals surface area contributed by atoms with Crippen molar-refractivity contribution >= 4 is 13.9 Å². The van der Waals surface area contributed by atoms with Gasteiger partial charge in [-0.25, -0.2) is 14.2 Å². The summed E-state index contributed by atoms with van der Waals surface area (Å²) in [7, 11) is -5.01. The number of carbonyl (C=O) groups is 1. The van der Waals surface area contributed by atoms with Crippen LogP contribution < -0.4 is 39.5 Å². The van der Waals surface area contributed by atoms with Gasteiger partial charge in [-0.2, -0.15) is 0 Å². The van der Waals surface area contributed by atoms with Crippen LogP contribution in [-0.4, -0.2) is 180 Å². The number of nitrogens with zero attached hydrogens (tertiary/aromatic N) is 1. The molecule has 27 heteroatoms. The fourth-order valence-electron chi connectivity index (χ4n) is 6.90. The van der Waals surface area contributed by atoms with Gasteiger partial charge in [-0.1, -0.05) is 0 Å². The van der Waals surface area contributed by atoms with Gasteiger partial charge in [-0.15, -0.1) is 0 Å². The molecule has 0 bridgehead atoms. The molecule has 4 fully saturated rings. The number of phosphoric acid groups is 1. The Labute approximate surface area is 316 Å². The fraction of sp³-hybridized carbons (Fsp3) is 0.828. The Kier molecular flexibility index (Phi) is 14.5. The van der Waals surface area contributed by atoms with Crippen molar-refractivity contribution in [1.29, 1.82) is 0 Å². The van der Waals surface area contributed by atoms with E-state index < -0.39 is 148 Å². The molecule has 1 saturated carbocycles. The summed E-state index contributed by atoms with van der Waals surface area (Å²) in [4.78, 5) is 57.8. The van der Waals surface area contributed by atoms with Gasteiger partial charge in [0.05, 0.1) is 18.8 Å². The van der Waals surface area contributed by atoms with Crippen molar-refractivity contribution in [2.75, 3.05) is 19.7 Å². The van der Waals surface area contributed by atoms with Crippen molar-refractivity contribution in [3.05, 3.63) is 32.6 Å². The second-order valence-corrected chi connectivity index (χ2v) is 15.3. The lowest BCUT2D eigenvalue weighted by atomic mass is 9.84. The normalized spacial score (nSPS) is 42.0. The standard InChI is InChI=1S/C29H50N7O19P/c1-8-6-36(28(44)35-25(8)43)15-3-11(14(50-15)7-49-56(46,47)48)53-29(45)34-5-13-17(37)16(33)19(39)26(52-13)54-23-9(31)2-10(32)24(22(23)42)55-27-21(41)20(40)18(38)12(4-30)51-27/h6,9-24,26-27,37-42H,2-5,7,30-33H2,1H3,(H,34,45)(H,35,43,44)(H2,46,47,48)/t9-,10+,11+,12-,13-,14-,15-,16+,17-,18-,19-,20+,21-,22-,23+,24-,26-,27-/m1/s1. The zero-order valence-corrected chi connectivity index (χ0v) is 30.7. The number of ether oxygens (including phenoxy) is 6. The highest BCUT2D eigenvalue weighted by molar-refractivity contribution is 7.46. The Balaban J connectivity index is 1.22. The van der Waals surface area contributed by atoms with Gasteiger partial charge >= 0.3 is 19.6 Å². The van der Waals surface area contributed by atoms with Gasteiger partial charge in [-0.3, -0.25) is 18.9 Å². The van der Waals surface area contributed by atoms with Crippen LogP contribution in [0.3, 0.4) is 0 Å². The van der Waals surface area contributed by atoms with Gasteiger partial charge in [0.25, 0.3) is 5.56 Å². The number of H-pyrrole nitrogens is 1. The van der Waals surface area contributed by atoms with Gasteiger partial charge < -0.3 is 97.1 Å². The molecule has 1 aromatic heterocycles. The predicted octanol–water partition coefficient (Wildman–Crippen LogP) is -7.93. The number of aryl methyl sites for hydroxylation is 1. The Morgan fingerprint density at radius 1 is 0.875 bits per heavy atom. The van der Waals surface area contributed by atoms with Crippen LogP contribution >= 0.6 is 7.82 Å². The van der Waals surface area contributed by atoms with Crippen LogP contribution in [0, 0.1) is 6.92 Å². The van der Waals surface area contributed by atoms with E-state index in [1.54, 1.807) is 0 Å². The molecule has 320 valence electrons. The van der Waals surface area contributed by atoms with E-state index >= 15 is 0 Å². The molecule has 0 spiro atoms. The fourth-order valence-corrected chi connectivity index (χ4v) is 7.24. The van der Waals surface area contributed by atoms with Gasteiger partial charge in [0, 0.05) is 43.4 Å². The quantitative estimate of drug-likeness (QED) is 0.0870. The third-order valence-electron chi connectivity index (χ3n) is 10.1. The first-order chi connectivity index (χ1) is 26.2. The maximum atomic E-state index is 13.0. The summed E-state index contributed by atoms with van der Waals surface area (Å²) in [6, 6.07) is -3.40. The maximum absolute atomic E-state index is 13.0. The number of hydrogen-bond donors (Lipinski definition) is 14. The van der Waals surface area contributed by atoms with Gasteiger partial charge in [0.2, 0.25) is 0 Å². The third-order valence-corrected chi connectivity index (χ3v) is 10.5. The molecular weight excluding hydrogens is 781 g/mol. The largest absolute Gasteiger partial charge is 0.469 e. The van der Waals surface area contributed by atoms with E-state index in [2.05, 4.69) is 14.8 Å². The van der Waals surface area contributed by atoms with Gasteiger partial charge in [0.15, 0.2) is 12.6 Å². The molecule has 4 heterocycles. The predicted molar refractivity (Wildman–Crippen MR) is 182 cm³/mol. The van der Waals surface area contributed by atoms with E-state index in [1.807, 2.05) is 0 Å². The number of amides is 1. The molecule has 5 rings (SSSR count). The summed E-state index contributed by atoms with van der Waals surface area (Å²) in [6.45, 7) is -0.123. The number of aliphatic hydroxyl groups excluding tert-OH is 6. The molecule has 3 aliphatic heterocycles. The summed E-state index contributed by atoms with van der Waals surface area (Å²) in [5.41, 5.74) is 22.7. The number of nitrogens with two attached hydrogens (primary N) is 4.